The molecule has 10 heteroatoms. The van der Waals surface area contributed by atoms with Crippen LogP contribution < -0.4 is 0 Å². The number of carbonyl (C=O) groups is 5. The Balaban J connectivity index is 2.25. The zero-order chi connectivity index (χ0) is 25.3. The Morgan fingerprint density at radius 1 is 0.371 bits per heavy atom. The van der Waals surface area contributed by atoms with Crippen LogP contribution in [0.25, 0.3) is 43.1 Å². The Kier molecular flexibility index (Phi) is 4.39. The average molecular weight is 472 g/mol. The van der Waals surface area contributed by atoms with Crippen molar-refractivity contribution in [2.45, 2.75) is 0 Å². The molecule has 0 spiro atoms. The van der Waals surface area contributed by atoms with E-state index >= 15 is 0 Å². The number of aromatic carboxylic acids is 5. The van der Waals surface area contributed by atoms with Crippen molar-refractivity contribution >= 4 is 72.9 Å². The monoisotopic (exact) mass is 472 g/mol. The van der Waals surface area contributed by atoms with Gasteiger partial charge in [-0.05, 0) is 51.2 Å². The van der Waals surface area contributed by atoms with E-state index in [1.165, 1.54) is 30.3 Å². The molecule has 10 nitrogen and oxygen atoms in total. The number of hydrogen-bond donors (Lipinski definition) is 5. The molecule has 0 saturated carbocycles. The molecule has 5 aromatic rings. The van der Waals surface area contributed by atoms with Crippen molar-refractivity contribution in [1.82, 2.24) is 0 Å². The van der Waals surface area contributed by atoms with E-state index in [9.17, 15) is 49.5 Å². The highest BCUT2D eigenvalue weighted by molar-refractivity contribution is 6.40. The lowest BCUT2D eigenvalue weighted by Gasteiger charge is -2.20. The largest absolute Gasteiger partial charge is 0.478 e. The van der Waals surface area contributed by atoms with Crippen molar-refractivity contribution < 1.29 is 49.5 Å². The third-order valence-corrected chi connectivity index (χ3v) is 6.15. The number of hydrogen-bond acceptors (Lipinski definition) is 5. The lowest BCUT2D eigenvalue weighted by Crippen LogP contribution is -2.10. The fourth-order valence-electron chi connectivity index (χ4n) is 4.87. The molecule has 0 atom stereocenters. The smallest absolute Gasteiger partial charge is 0.336 e. The standard InChI is InChI=1S/C25H12O10/c26-21(27)11-4-1-8-9-2-5-13(23(30)31)19-15(25(34)35)7-14(24(32)33)17(20(9)19)10-3-6-12(22(28)29)18(11)16(8)10/h1-7H,(H,26,27)(H,28,29)(H,30,31)(H,32,33)(H,34,35). The van der Waals surface area contributed by atoms with Crippen LogP contribution in [0.3, 0.4) is 0 Å². The van der Waals surface area contributed by atoms with Gasteiger partial charge in [0, 0.05) is 16.2 Å². The summed E-state index contributed by atoms with van der Waals surface area (Å²) in [6.07, 6.45) is 0. The number of carboxylic acid groups (broad SMARTS) is 5. The van der Waals surface area contributed by atoms with E-state index in [2.05, 4.69) is 0 Å². The molecule has 35 heavy (non-hydrogen) atoms. The van der Waals surface area contributed by atoms with Gasteiger partial charge < -0.3 is 25.5 Å². The number of fused-ring (bicyclic) bond motifs is 2. The van der Waals surface area contributed by atoms with Crippen LogP contribution in [0.2, 0.25) is 0 Å². The summed E-state index contributed by atoms with van der Waals surface area (Å²) in [6.45, 7) is 0. The first kappa shape index (κ1) is 21.6. The van der Waals surface area contributed by atoms with Gasteiger partial charge in [-0.1, -0.05) is 18.2 Å². The average Bonchev–Trinajstić information content (AvgIpc) is 2.80. The van der Waals surface area contributed by atoms with Gasteiger partial charge in [0.25, 0.3) is 0 Å². The molecular weight excluding hydrogens is 460 g/mol. The maximum atomic E-state index is 12.2. The van der Waals surface area contributed by atoms with Gasteiger partial charge >= 0.3 is 29.8 Å². The summed E-state index contributed by atoms with van der Waals surface area (Å²) < 4.78 is 0. The Morgan fingerprint density at radius 2 is 0.714 bits per heavy atom. The van der Waals surface area contributed by atoms with E-state index in [0.29, 0.717) is 5.39 Å². The van der Waals surface area contributed by atoms with Crippen LogP contribution in [0.1, 0.15) is 51.8 Å². The second-order valence-electron chi connectivity index (χ2n) is 7.85. The molecule has 0 amide bonds. The minimum Gasteiger partial charge on any atom is -0.478 e. The van der Waals surface area contributed by atoms with Gasteiger partial charge in [0.15, 0.2) is 0 Å². The Bertz CT molecular complexity index is 1810. The highest BCUT2D eigenvalue weighted by atomic mass is 16.4. The zero-order valence-corrected chi connectivity index (χ0v) is 17.3. The van der Waals surface area contributed by atoms with Crippen LogP contribution in [0.15, 0.2) is 42.5 Å². The van der Waals surface area contributed by atoms with Crippen molar-refractivity contribution in [3.8, 4) is 0 Å². The third kappa shape index (κ3) is 2.80. The predicted octanol–water partition coefficient (Wildman–Crippen LogP) is 4.23. The minimum absolute atomic E-state index is 0.0208. The number of benzene rings is 5. The van der Waals surface area contributed by atoms with Gasteiger partial charge in [0.1, 0.15) is 0 Å². The molecule has 0 saturated heterocycles. The predicted molar refractivity (Wildman–Crippen MR) is 122 cm³/mol. The van der Waals surface area contributed by atoms with Crippen LogP contribution >= 0.6 is 0 Å². The number of carboxylic acids is 5. The van der Waals surface area contributed by atoms with Crippen molar-refractivity contribution in [3.63, 3.8) is 0 Å². The first-order valence-corrected chi connectivity index (χ1v) is 9.95. The minimum atomic E-state index is -1.53. The molecule has 5 aromatic carbocycles. The maximum Gasteiger partial charge on any atom is 0.336 e. The quantitative estimate of drug-likeness (QED) is 0.183. The molecule has 0 aliphatic heterocycles. The molecule has 0 aliphatic rings. The first-order valence-electron chi connectivity index (χ1n) is 9.95. The Labute approximate surface area is 193 Å². The molecule has 0 radical (unpaired) electrons. The van der Waals surface area contributed by atoms with Crippen LogP contribution in [0, 0.1) is 0 Å². The summed E-state index contributed by atoms with van der Waals surface area (Å²) in [5, 5.41) is 49.5. The molecule has 0 bridgehead atoms. The molecule has 0 heterocycles. The van der Waals surface area contributed by atoms with Crippen molar-refractivity contribution in [2.75, 3.05) is 0 Å². The van der Waals surface area contributed by atoms with Crippen molar-refractivity contribution in [1.29, 1.82) is 0 Å². The van der Waals surface area contributed by atoms with Gasteiger partial charge in [-0.25, -0.2) is 24.0 Å². The first-order chi connectivity index (χ1) is 16.5. The van der Waals surface area contributed by atoms with E-state index in [-0.39, 0.29) is 54.4 Å². The molecular formula is C25H12O10. The van der Waals surface area contributed by atoms with E-state index in [1.807, 2.05) is 0 Å². The Hall–Kier alpha value is -5.25. The lowest BCUT2D eigenvalue weighted by atomic mass is 9.82. The second-order valence-corrected chi connectivity index (χ2v) is 7.85. The summed E-state index contributed by atoms with van der Waals surface area (Å²) in [5.41, 5.74) is -1.96. The Morgan fingerprint density at radius 3 is 1.14 bits per heavy atom. The topological polar surface area (TPSA) is 186 Å². The third-order valence-electron chi connectivity index (χ3n) is 6.15. The molecule has 5 rings (SSSR count). The van der Waals surface area contributed by atoms with E-state index < -0.39 is 41.0 Å². The van der Waals surface area contributed by atoms with E-state index in [0.717, 1.165) is 12.1 Å². The maximum absolute atomic E-state index is 12.2. The van der Waals surface area contributed by atoms with Gasteiger partial charge in [0.05, 0.1) is 27.8 Å². The van der Waals surface area contributed by atoms with Crippen LogP contribution in [0.4, 0.5) is 0 Å². The highest BCUT2D eigenvalue weighted by Crippen LogP contribution is 2.45. The van der Waals surface area contributed by atoms with Gasteiger partial charge in [-0.2, -0.15) is 0 Å². The highest BCUT2D eigenvalue weighted by Gasteiger charge is 2.28. The van der Waals surface area contributed by atoms with E-state index in [1.54, 1.807) is 0 Å². The molecule has 0 aliphatic carbocycles. The van der Waals surface area contributed by atoms with Crippen LogP contribution in [-0.4, -0.2) is 55.4 Å². The summed E-state index contributed by atoms with van der Waals surface area (Å²) >= 11 is 0. The van der Waals surface area contributed by atoms with Gasteiger partial charge in [-0.15, -0.1) is 0 Å². The lowest BCUT2D eigenvalue weighted by molar-refractivity contribution is 0.0679. The fraction of sp³-hybridized carbons (Fsp3) is 0. The van der Waals surface area contributed by atoms with Gasteiger partial charge in [-0.3, -0.25) is 0 Å². The van der Waals surface area contributed by atoms with E-state index in [4.69, 9.17) is 0 Å². The molecule has 172 valence electrons. The summed E-state index contributed by atoms with van der Waals surface area (Å²) in [5.74, 6) is -7.24. The normalized spacial score (nSPS) is 11.4. The molecule has 0 unspecified atom stereocenters. The van der Waals surface area contributed by atoms with Crippen molar-refractivity contribution in [3.05, 3.63) is 70.3 Å². The number of rotatable bonds is 5. The van der Waals surface area contributed by atoms with Crippen LogP contribution in [0.5, 0.6) is 0 Å². The summed E-state index contributed by atoms with van der Waals surface area (Å²) in [4.78, 5) is 60.2. The molecule has 0 fully saturated rings. The SMILES string of the molecule is O=C(O)c1ccc2c3ccc(C(=O)O)c4c(C(=O)O)cc(C(=O)O)c(c5ccc(C(=O)O)c1c25)c43. The zero-order valence-electron chi connectivity index (χ0n) is 17.3. The summed E-state index contributed by atoms with van der Waals surface area (Å²) in [7, 11) is 0. The van der Waals surface area contributed by atoms with Crippen LogP contribution in [-0.2, 0) is 0 Å². The van der Waals surface area contributed by atoms with Crippen molar-refractivity contribution in [2.24, 2.45) is 0 Å². The second kappa shape index (κ2) is 7.12. The fourth-order valence-corrected chi connectivity index (χ4v) is 4.87. The molecule has 0 aromatic heterocycles. The summed E-state index contributed by atoms with van der Waals surface area (Å²) in [6, 6.07) is 8.49. The molecule has 5 N–H and O–H groups in total. The van der Waals surface area contributed by atoms with Gasteiger partial charge in [0.2, 0.25) is 0 Å².